The first kappa shape index (κ1) is 22.8. The van der Waals surface area contributed by atoms with Gasteiger partial charge in [0.25, 0.3) is 5.91 Å². The second kappa shape index (κ2) is 10.1. The van der Waals surface area contributed by atoms with Gasteiger partial charge in [-0.25, -0.2) is 9.80 Å². The third-order valence-electron chi connectivity index (χ3n) is 4.73. The van der Waals surface area contributed by atoms with Crippen LogP contribution >= 0.6 is 35.6 Å². The molecule has 2 N–H and O–H groups in total. The number of amides is 1. The van der Waals surface area contributed by atoms with Crippen LogP contribution in [0.1, 0.15) is 21.5 Å². The molecule has 1 heterocycles. The number of halogens is 1. The highest BCUT2D eigenvalue weighted by Gasteiger charge is 2.33. The molecule has 1 fully saturated rings. The summed E-state index contributed by atoms with van der Waals surface area (Å²) in [5, 5.41) is 11.2. The molecule has 4 rings (SSSR count). The van der Waals surface area contributed by atoms with Gasteiger partial charge in [-0.2, -0.15) is 0 Å². The average molecular weight is 497 g/mol. The van der Waals surface area contributed by atoms with E-state index in [-0.39, 0.29) is 28.1 Å². The zero-order valence-corrected chi connectivity index (χ0v) is 19.4. The van der Waals surface area contributed by atoms with Gasteiger partial charge in [0.05, 0.1) is 16.2 Å². The standard InChI is InChI=1S/C24H17ClN2O4S2/c25-18-10-4-1-8-16(18)14-31-20-12-6-2-7-15(20)13-21-22(28)27(24(32)33-21)26-19-11-5-3-9-17(19)23(29)30/h1-13,26H,14H2,(H,29,30). The fourth-order valence-electron chi connectivity index (χ4n) is 3.10. The lowest BCUT2D eigenvalue weighted by Crippen LogP contribution is -2.34. The molecule has 0 saturated carbocycles. The number of rotatable bonds is 7. The predicted molar refractivity (Wildman–Crippen MR) is 134 cm³/mol. The fraction of sp³-hybridized carbons (Fsp3) is 0.0417. The zero-order valence-electron chi connectivity index (χ0n) is 17.0. The molecule has 1 amide bonds. The molecule has 6 nitrogen and oxygen atoms in total. The molecule has 0 radical (unpaired) electrons. The Hall–Kier alpha value is -3.33. The minimum Gasteiger partial charge on any atom is -0.488 e. The second-order valence-electron chi connectivity index (χ2n) is 6.90. The number of thioether (sulfide) groups is 1. The number of hydrazine groups is 1. The molecule has 33 heavy (non-hydrogen) atoms. The van der Waals surface area contributed by atoms with Crippen molar-refractivity contribution >= 4 is 63.5 Å². The number of thiocarbonyl (C=S) groups is 1. The zero-order chi connectivity index (χ0) is 23.4. The van der Waals surface area contributed by atoms with Crippen LogP contribution in [0.4, 0.5) is 5.69 Å². The first-order chi connectivity index (χ1) is 15.9. The number of hydrogen-bond acceptors (Lipinski definition) is 6. The summed E-state index contributed by atoms with van der Waals surface area (Å²) in [4.78, 5) is 24.9. The number of carboxylic acids is 1. The molecule has 1 aliphatic heterocycles. The van der Waals surface area contributed by atoms with Gasteiger partial charge in [-0.1, -0.05) is 71.9 Å². The average Bonchev–Trinajstić information content (AvgIpc) is 3.07. The monoisotopic (exact) mass is 496 g/mol. The van der Waals surface area contributed by atoms with Crippen molar-refractivity contribution in [2.75, 3.05) is 5.43 Å². The maximum atomic E-state index is 13.0. The summed E-state index contributed by atoms with van der Waals surface area (Å²) in [6, 6.07) is 21.1. The van der Waals surface area contributed by atoms with Gasteiger partial charge in [-0.3, -0.25) is 10.2 Å². The normalized spacial score (nSPS) is 14.6. The molecule has 3 aromatic rings. The third kappa shape index (κ3) is 5.19. The van der Waals surface area contributed by atoms with Crippen molar-refractivity contribution < 1.29 is 19.4 Å². The molecular weight excluding hydrogens is 480 g/mol. The summed E-state index contributed by atoms with van der Waals surface area (Å²) in [5.41, 5.74) is 4.69. The van der Waals surface area contributed by atoms with E-state index in [1.54, 1.807) is 30.3 Å². The fourth-order valence-corrected chi connectivity index (χ4v) is 4.46. The predicted octanol–water partition coefficient (Wildman–Crippen LogP) is 5.85. The lowest BCUT2D eigenvalue weighted by molar-refractivity contribution is -0.121. The molecule has 0 spiro atoms. The lowest BCUT2D eigenvalue weighted by atomic mass is 10.1. The number of carboxylic acid groups (broad SMARTS) is 1. The van der Waals surface area contributed by atoms with Crippen LogP contribution in [0.5, 0.6) is 5.75 Å². The van der Waals surface area contributed by atoms with Crippen LogP contribution in [-0.4, -0.2) is 26.3 Å². The maximum Gasteiger partial charge on any atom is 0.337 e. The molecule has 166 valence electrons. The van der Waals surface area contributed by atoms with Crippen LogP contribution in [0.15, 0.2) is 77.7 Å². The maximum absolute atomic E-state index is 13.0. The van der Waals surface area contributed by atoms with Gasteiger partial charge in [-0.15, -0.1) is 0 Å². The van der Waals surface area contributed by atoms with Crippen molar-refractivity contribution in [3.05, 3.63) is 99.4 Å². The van der Waals surface area contributed by atoms with E-state index < -0.39 is 5.97 Å². The summed E-state index contributed by atoms with van der Waals surface area (Å²) < 4.78 is 6.23. The Morgan fingerprint density at radius 3 is 2.58 bits per heavy atom. The number of ether oxygens (including phenoxy) is 1. The molecule has 3 aromatic carbocycles. The number of nitrogens with zero attached hydrogens (tertiary/aromatic N) is 1. The SMILES string of the molecule is O=C(O)c1ccccc1NN1C(=O)C(=Cc2ccccc2OCc2ccccc2Cl)SC1=S. The van der Waals surface area contributed by atoms with Crippen molar-refractivity contribution in [1.82, 2.24) is 5.01 Å². The number of carbonyl (C=O) groups is 2. The van der Waals surface area contributed by atoms with Crippen LogP contribution in [-0.2, 0) is 11.4 Å². The topological polar surface area (TPSA) is 78.9 Å². The Labute approximate surface area is 204 Å². The highest BCUT2D eigenvalue weighted by atomic mass is 35.5. The van der Waals surface area contributed by atoms with Gasteiger partial charge < -0.3 is 9.84 Å². The molecular formula is C24H17ClN2O4S2. The lowest BCUT2D eigenvalue weighted by Gasteiger charge is -2.18. The van der Waals surface area contributed by atoms with Crippen molar-refractivity contribution in [1.29, 1.82) is 0 Å². The Morgan fingerprint density at radius 1 is 1.09 bits per heavy atom. The minimum absolute atomic E-state index is 0.0360. The van der Waals surface area contributed by atoms with E-state index in [1.165, 1.54) is 11.1 Å². The number of anilines is 1. The Balaban J connectivity index is 1.55. The molecule has 0 bridgehead atoms. The van der Waals surface area contributed by atoms with Gasteiger partial charge in [0, 0.05) is 16.1 Å². The van der Waals surface area contributed by atoms with E-state index in [4.69, 9.17) is 28.6 Å². The third-order valence-corrected chi connectivity index (χ3v) is 6.40. The molecule has 0 aromatic heterocycles. The van der Waals surface area contributed by atoms with Crippen LogP contribution in [0.2, 0.25) is 5.02 Å². The van der Waals surface area contributed by atoms with Gasteiger partial charge in [0.1, 0.15) is 12.4 Å². The van der Waals surface area contributed by atoms with E-state index in [1.807, 2.05) is 42.5 Å². The Kier molecular flexibility index (Phi) is 6.98. The molecule has 0 aliphatic carbocycles. The van der Waals surface area contributed by atoms with E-state index in [9.17, 15) is 14.7 Å². The van der Waals surface area contributed by atoms with Crippen LogP contribution in [0.25, 0.3) is 6.08 Å². The van der Waals surface area contributed by atoms with Gasteiger partial charge in [-0.05, 0) is 42.6 Å². The van der Waals surface area contributed by atoms with Crippen molar-refractivity contribution in [3.63, 3.8) is 0 Å². The Morgan fingerprint density at radius 2 is 1.79 bits per heavy atom. The quantitative estimate of drug-likeness (QED) is 0.314. The highest BCUT2D eigenvalue weighted by molar-refractivity contribution is 8.26. The van der Waals surface area contributed by atoms with Crippen molar-refractivity contribution in [3.8, 4) is 5.75 Å². The molecule has 9 heteroatoms. The summed E-state index contributed by atoms with van der Waals surface area (Å²) in [6.07, 6.45) is 1.70. The van der Waals surface area contributed by atoms with Crippen LogP contribution in [0.3, 0.4) is 0 Å². The minimum atomic E-state index is -1.11. The summed E-state index contributed by atoms with van der Waals surface area (Å²) in [6.45, 7) is 0.277. The number of carbonyl (C=O) groups excluding carboxylic acids is 1. The highest BCUT2D eigenvalue weighted by Crippen LogP contribution is 2.35. The number of para-hydroxylation sites is 2. The Bertz CT molecular complexity index is 1280. The summed E-state index contributed by atoms with van der Waals surface area (Å²) >= 11 is 12.7. The van der Waals surface area contributed by atoms with E-state index in [0.717, 1.165) is 17.3 Å². The number of benzene rings is 3. The van der Waals surface area contributed by atoms with Gasteiger partial charge >= 0.3 is 5.97 Å². The van der Waals surface area contributed by atoms with E-state index in [0.29, 0.717) is 21.2 Å². The molecule has 0 unspecified atom stereocenters. The van der Waals surface area contributed by atoms with E-state index >= 15 is 0 Å². The molecule has 0 atom stereocenters. The number of hydrogen-bond donors (Lipinski definition) is 2. The summed E-state index contributed by atoms with van der Waals surface area (Å²) in [7, 11) is 0. The molecule has 1 saturated heterocycles. The van der Waals surface area contributed by atoms with Crippen LogP contribution in [0, 0.1) is 0 Å². The smallest absolute Gasteiger partial charge is 0.337 e. The van der Waals surface area contributed by atoms with E-state index in [2.05, 4.69) is 5.43 Å². The van der Waals surface area contributed by atoms with Crippen LogP contribution < -0.4 is 10.2 Å². The summed E-state index contributed by atoms with van der Waals surface area (Å²) in [5.74, 6) is -0.901. The van der Waals surface area contributed by atoms with Gasteiger partial charge in [0.15, 0.2) is 4.32 Å². The number of nitrogens with one attached hydrogen (secondary N) is 1. The largest absolute Gasteiger partial charge is 0.488 e. The van der Waals surface area contributed by atoms with Crippen molar-refractivity contribution in [2.24, 2.45) is 0 Å². The van der Waals surface area contributed by atoms with Crippen molar-refractivity contribution in [2.45, 2.75) is 6.61 Å². The van der Waals surface area contributed by atoms with Gasteiger partial charge in [0.2, 0.25) is 0 Å². The second-order valence-corrected chi connectivity index (χ2v) is 8.98. The number of aromatic carboxylic acids is 1. The first-order valence-electron chi connectivity index (χ1n) is 9.76. The molecule has 1 aliphatic rings. The first-order valence-corrected chi connectivity index (χ1v) is 11.4.